The first kappa shape index (κ1) is 24.2. The molecule has 0 aliphatic carbocycles. The Kier molecular flexibility index (Phi) is 6.24. The van der Waals surface area contributed by atoms with Gasteiger partial charge in [-0.3, -0.25) is 9.52 Å². The Morgan fingerprint density at radius 3 is 2.40 bits per heavy atom. The van der Waals surface area contributed by atoms with Crippen LogP contribution in [0.3, 0.4) is 0 Å². The molecule has 6 nitrogen and oxygen atoms in total. The molecular formula is C23H16F5N3O3S. The molecule has 4 aromatic rings. The molecule has 4 rings (SSSR count). The highest BCUT2D eigenvalue weighted by Crippen LogP contribution is 2.27. The highest BCUT2D eigenvalue weighted by molar-refractivity contribution is 7.92. The summed E-state index contributed by atoms with van der Waals surface area (Å²) >= 11 is 0. The van der Waals surface area contributed by atoms with Crippen molar-refractivity contribution >= 4 is 38.2 Å². The fourth-order valence-electron chi connectivity index (χ4n) is 3.43. The van der Waals surface area contributed by atoms with Gasteiger partial charge in [-0.15, -0.1) is 0 Å². The van der Waals surface area contributed by atoms with Crippen LogP contribution in [0.15, 0.2) is 66.7 Å². The average Bonchev–Trinajstić information content (AvgIpc) is 3.15. The molecule has 35 heavy (non-hydrogen) atoms. The number of fused-ring (bicyclic) bond motifs is 1. The third-order valence-electron chi connectivity index (χ3n) is 4.86. The minimum absolute atomic E-state index is 0.0914. The largest absolute Gasteiger partial charge is 0.404 e. The van der Waals surface area contributed by atoms with E-state index in [1.165, 1.54) is 36.4 Å². The van der Waals surface area contributed by atoms with E-state index in [1.54, 1.807) is 18.2 Å². The van der Waals surface area contributed by atoms with Crippen molar-refractivity contribution in [3.05, 3.63) is 84.1 Å². The lowest BCUT2D eigenvalue weighted by Gasteiger charge is -2.10. The van der Waals surface area contributed by atoms with Crippen molar-refractivity contribution in [2.75, 3.05) is 15.8 Å². The van der Waals surface area contributed by atoms with Gasteiger partial charge < -0.3 is 10.3 Å². The van der Waals surface area contributed by atoms with Gasteiger partial charge in [0.25, 0.3) is 5.91 Å². The van der Waals surface area contributed by atoms with Crippen LogP contribution >= 0.6 is 0 Å². The molecule has 0 aliphatic rings. The lowest BCUT2D eigenvalue weighted by atomic mass is 10.0. The minimum atomic E-state index is -4.90. The van der Waals surface area contributed by atoms with E-state index in [0.29, 0.717) is 22.2 Å². The smallest absolute Gasteiger partial charge is 0.350 e. The molecular weight excluding hydrogens is 493 g/mol. The molecule has 1 heterocycles. The molecule has 1 aromatic heterocycles. The van der Waals surface area contributed by atoms with E-state index in [1.807, 2.05) is 4.72 Å². The maximum absolute atomic E-state index is 14.1. The zero-order chi connectivity index (χ0) is 25.4. The van der Waals surface area contributed by atoms with Gasteiger partial charge in [-0.1, -0.05) is 18.2 Å². The SMILES string of the molecule is O=C(Nc1cccc(-c2ccc(F)cc2F)c1)c1cc2ccc(NS(=O)(=O)CC(F)(F)F)cc2[nH]1. The summed E-state index contributed by atoms with van der Waals surface area (Å²) in [5, 5.41) is 3.15. The van der Waals surface area contributed by atoms with Gasteiger partial charge in [0, 0.05) is 28.2 Å². The maximum atomic E-state index is 14.1. The van der Waals surface area contributed by atoms with Crippen LogP contribution in [0.2, 0.25) is 0 Å². The number of amides is 1. The number of benzene rings is 3. The number of H-pyrrole nitrogens is 1. The Morgan fingerprint density at radius 1 is 0.914 bits per heavy atom. The van der Waals surface area contributed by atoms with E-state index in [4.69, 9.17) is 0 Å². The predicted octanol–water partition coefficient (Wildman–Crippen LogP) is 5.67. The zero-order valence-electron chi connectivity index (χ0n) is 17.6. The third-order valence-corrected chi connectivity index (χ3v) is 6.11. The van der Waals surface area contributed by atoms with Crippen molar-refractivity contribution in [3.8, 4) is 11.1 Å². The van der Waals surface area contributed by atoms with Gasteiger partial charge >= 0.3 is 6.18 Å². The maximum Gasteiger partial charge on any atom is 0.404 e. The Hall–Kier alpha value is -3.93. The molecule has 3 aromatic carbocycles. The van der Waals surface area contributed by atoms with Crippen molar-refractivity contribution in [3.63, 3.8) is 0 Å². The van der Waals surface area contributed by atoms with Crippen LogP contribution in [-0.2, 0) is 10.0 Å². The molecule has 1 amide bonds. The van der Waals surface area contributed by atoms with E-state index in [2.05, 4.69) is 10.3 Å². The molecule has 3 N–H and O–H groups in total. The van der Waals surface area contributed by atoms with Gasteiger partial charge in [-0.05, 0) is 48.0 Å². The summed E-state index contributed by atoms with van der Waals surface area (Å²) in [6.45, 7) is 0. The second kappa shape index (κ2) is 9.02. The van der Waals surface area contributed by atoms with Crippen molar-refractivity contribution in [2.24, 2.45) is 0 Å². The Morgan fingerprint density at radius 2 is 1.69 bits per heavy atom. The van der Waals surface area contributed by atoms with Crippen molar-refractivity contribution < 1.29 is 35.2 Å². The third kappa shape index (κ3) is 5.96. The predicted molar refractivity (Wildman–Crippen MR) is 122 cm³/mol. The van der Waals surface area contributed by atoms with E-state index in [-0.39, 0.29) is 16.9 Å². The fourth-order valence-corrected chi connectivity index (χ4v) is 4.42. The number of hydrogen-bond donors (Lipinski definition) is 3. The van der Waals surface area contributed by atoms with E-state index in [9.17, 15) is 35.2 Å². The molecule has 0 radical (unpaired) electrons. The van der Waals surface area contributed by atoms with Gasteiger partial charge in [0.2, 0.25) is 10.0 Å². The first-order valence-electron chi connectivity index (χ1n) is 9.95. The zero-order valence-corrected chi connectivity index (χ0v) is 18.4. The minimum Gasteiger partial charge on any atom is -0.350 e. The van der Waals surface area contributed by atoms with Gasteiger partial charge in [0.05, 0.1) is 5.69 Å². The number of aromatic nitrogens is 1. The van der Waals surface area contributed by atoms with Crippen LogP contribution < -0.4 is 10.0 Å². The van der Waals surface area contributed by atoms with Crippen LogP contribution in [-0.4, -0.2) is 31.2 Å². The summed E-state index contributed by atoms with van der Waals surface area (Å²) in [7, 11) is -4.66. The van der Waals surface area contributed by atoms with Gasteiger partial charge in [-0.2, -0.15) is 13.2 Å². The number of aromatic amines is 1. The molecule has 0 bridgehead atoms. The van der Waals surface area contributed by atoms with Gasteiger partial charge in [-0.25, -0.2) is 17.2 Å². The molecule has 0 unspecified atom stereocenters. The summed E-state index contributed by atoms with van der Waals surface area (Å²) in [5.74, 6) is -4.08. The molecule has 0 atom stereocenters. The topological polar surface area (TPSA) is 91.1 Å². The number of carbonyl (C=O) groups is 1. The molecule has 182 valence electrons. The number of sulfonamides is 1. The van der Waals surface area contributed by atoms with Crippen LogP contribution in [0.4, 0.5) is 33.3 Å². The second-order valence-electron chi connectivity index (χ2n) is 7.62. The standard InChI is InChI=1S/C23H16F5N3O3S/c24-15-5-7-18(19(25)10-15)13-2-1-3-16(8-13)29-22(32)21-9-14-4-6-17(11-20(14)30-21)31-35(33,34)12-23(26,27)28/h1-11,30-31H,12H2,(H,29,32). The number of anilines is 2. The summed E-state index contributed by atoms with van der Waals surface area (Å²) in [4.78, 5) is 15.5. The fraction of sp³-hybridized carbons (Fsp3) is 0.0870. The summed E-state index contributed by atoms with van der Waals surface area (Å²) in [6.07, 6.45) is -4.90. The van der Waals surface area contributed by atoms with Crippen LogP contribution in [0, 0.1) is 11.6 Å². The lowest BCUT2D eigenvalue weighted by molar-refractivity contribution is -0.106. The number of carbonyl (C=O) groups excluding carboxylic acids is 1. The van der Waals surface area contributed by atoms with E-state index >= 15 is 0 Å². The average molecular weight is 509 g/mol. The number of alkyl halides is 3. The van der Waals surface area contributed by atoms with Crippen molar-refractivity contribution in [2.45, 2.75) is 6.18 Å². The van der Waals surface area contributed by atoms with Crippen LogP contribution in [0.1, 0.15) is 10.5 Å². The summed E-state index contributed by atoms with van der Waals surface area (Å²) in [5.41, 5.74) is 1.18. The quantitative estimate of drug-likeness (QED) is 0.293. The monoisotopic (exact) mass is 509 g/mol. The molecule has 0 aliphatic heterocycles. The summed E-state index contributed by atoms with van der Waals surface area (Å²) < 4.78 is 89.8. The molecule has 0 saturated heterocycles. The first-order chi connectivity index (χ1) is 16.4. The molecule has 0 saturated carbocycles. The number of hydrogen-bond acceptors (Lipinski definition) is 3. The summed E-state index contributed by atoms with van der Waals surface area (Å²) in [6, 6.07) is 14.8. The van der Waals surface area contributed by atoms with Gasteiger partial charge in [0.15, 0.2) is 5.75 Å². The van der Waals surface area contributed by atoms with Crippen molar-refractivity contribution in [1.29, 1.82) is 0 Å². The normalized spacial score (nSPS) is 12.0. The number of rotatable bonds is 6. The molecule has 0 spiro atoms. The number of halogens is 5. The number of nitrogens with one attached hydrogen (secondary N) is 3. The molecule has 12 heteroatoms. The lowest BCUT2D eigenvalue weighted by Crippen LogP contribution is -2.27. The van der Waals surface area contributed by atoms with Crippen LogP contribution in [0.25, 0.3) is 22.0 Å². The highest BCUT2D eigenvalue weighted by atomic mass is 32.2. The van der Waals surface area contributed by atoms with E-state index in [0.717, 1.165) is 12.1 Å². The second-order valence-corrected chi connectivity index (χ2v) is 9.34. The van der Waals surface area contributed by atoms with Gasteiger partial charge in [0.1, 0.15) is 17.3 Å². The van der Waals surface area contributed by atoms with Crippen LogP contribution in [0.5, 0.6) is 0 Å². The molecule has 0 fully saturated rings. The first-order valence-corrected chi connectivity index (χ1v) is 11.6. The Balaban J connectivity index is 1.53. The van der Waals surface area contributed by atoms with E-state index < -0.39 is 39.5 Å². The Labute approximate surface area is 195 Å². The Bertz CT molecular complexity index is 1530. The highest BCUT2D eigenvalue weighted by Gasteiger charge is 2.35. The van der Waals surface area contributed by atoms with Crippen molar-refractivity contribution in [1.82, 2.24) is 4.98 Å².